The van der Waals surface area contributed by atoms with Crippen LogP contribution in [0.25, 0.3) is 0 Å². The zero-order chi connectivity index (χ0) is 17.5. The normalized spacial score (nSPS) is 16.0. The molecule has 0 spiro atoms. The fraction of sp³-hybridized carbons (Fsp3) is 0.300. The van der Waals surface area contributed by atoms with E-state index < -0.39 is 0 Å². The monoisotopic (exact) mass is 353 g/mol. The summed E-state index contributed by atoms with van der Waals surface area (Å²) in [5, 5.41) is 0.934. The Balaban J connectivity index is 1.72. The highest BCUT2D eigenvalue weighted by atomic mass is 32.2. The highest BCUT2D eigenvalue weighted by molar-refractivity contribution is 8.14. The summed E-state index contributed by atoms with van der Waals surface area (Å²) in [5.74, 6) is 0.544. The lowest BCUT2D eigenvalue weighted by Gasteiger charge is -2.34. The maximum Gasteiger partial charge on any atom is 0.173 e. The number of likely N-dealkylation sites (N-methyl/N-ethyl adjacent to an activating group) is 1. The zero-order valence-electron chi connectivity index (χ0n) is 14.5. The molecule has 3 rings (SSSR count). The van der Waals surface area contributed by atoms with E-state index in [4.69, 9.17) is 4.99 Å². The fourth-order valence-corrected chi connectivity index (χ4v) is 3.60. The summed E-state index contributed by atoms with van der Waals surface area (Å²) < 4.78 is 0. The number of aliphatic imine (C=N–C) groups is 1. The van der Waals surface area contributed by atoms with Crippen LogP contribution < -0.4 is 0 Å². The minimum atomic E-state index is 0.139. The number of hydrogen-bond acceptors (Lipinski definition) is 4. The van der Waals surface area contributed by atoms with E-state index in [1.807, 2.05) is 60.7 Å². The third-order valence-corrected chi connectivity index (χ3v) is 5.20. The molecule has 1 aliphatic heterocycles. The number of Topliss-reactive ketones (excluding diaryl/α,β-unsaturated/α-hetero) is 1. The number of para-hydroxylation sites is 1. The molecule has 130 valence electrons. The quantitative estimate of drug-likeness (QED) is 0.479. The van der Waals surface area contributed by atoms with Gasteiger partial charge in [0.25, 0.3) is 0 Å². The first-order valence-corrected chi connectivity index (χ1v) is 9.49. The minimum Gasteiger partial charge on any atom is -0.349 e. The van der Waals surface area contributed by atoms with Crippen molar-refractivity contribution in [3.8, 4) is 0 Å². The minimum absolute atomic E-state index is 0.139. The molecule has 4 nitrogen and oxygen atoms in total. The van der Waals surface area contributed by atoms with Gasteiger partial charge < -0.3 is 9.80 Å². The number of hydrogen-bond donors (Lipinski definition) is 0. The number of nitrogens with zero attached hydrogens (tertiary/aromatic N) is 3. The maximum atomic E-state index is 12.4. The Morgan fingerprint density at radius 2 is 1.56 bits per heavy atom. The highest BCUT2D eigenvalue weighted by Crippen LogP contribution is 2.19. The lowest BCUT2D eigenvalue weighted by Crippen LogP contribution is -2.46. The molecule has 0 unspecified atom stereocenters. The topological polar surface area (TPSA) is 35.9 Å². The Kier molecular flexibility index (Phi) is 6.25. The molecule has 0 aromatic heterocycles. The molecular weight excluding hydrogens is 330 g/mol. The molecular formula is C20H23N3OS. The molecule has 2 aromatic carbocycles. The van der Waals surface area contributed by atoms with Gasteiger partial charge in [-0.2, -0.15) is 0 Å². The molecule has 0 amide bonds. The van der Waals surface area contributed by atoms with Gasteiger partial charge in [-0.05, 0) is 19.2 Å². The molecule has 5 heteroatoms. The lowest BCUT2D eigenvalue weighted by molar-refractivity contribution is 0.102. The van der Waals surface area contributed by atoms with Gasteiger partial charge in [-0.25, -0.2) is 4.99 Å². The van der Waals surface area contributed by atoms with Gasteiger partial charge in [-0.1, -0.05) is 60.3 Å². The van der Waals surface area contributed by atoms with Gasteiger partial charge in [0, 0.05) is 31.7 Å². The van der Waals surface area contributed by atoms with E-state index in [0.29, 0.717) is 5.75 Å². The summed E-state index contributed by atoms with van der Waals surface area (Å²) in [5.41, 5.74) is 1.68. The summed E-state index contributed by atoms with van der Waals surface area (Å²) in [6.07, 6.45) is 0. The van der Waals surface area contributed by atoms with Crippen LogP contribution in [0.15, 0.2) is 65.7 Å². The Hall–Kier alpha value is -2.11. The van der Waals surface area contributed by atoms with Crippen LogP contribution in [0.5, 0.6) is 0 Å². The predicted octanol–water partition coefficient (Wildman–Crippen LogP) is 3.54. The van der Waals surface area contributed by atoms with Crippen LogP contribution in [-0.2, 0) is 0 Å². The second kappa shape index (κ2) is 8.83. The average molecular weight is 353 g/mol. The van der Waals surface area contributed by atoms with Gasteiger partial charge in [-0.3, -0.25) is 4.79 Å². The summed E-state index contributed by atoms with van der Waals surface area (Å²) in [7, 11) is 2.14. The number of benzene rings is 2. The molecule has 0 radical (unpaired) electrons. The second-order valence-corrected chi connectivity index (χ2v) is 7.04. The van der Waals surface area contributed by atoms with Gasteiger partial charge >= 0.3 is 0 Å². The summed E-state index contributed by atoms with van der Waals surface area (Å²) in [6.45, 7) is 3.91. The number of piperazine rings is 1. The molecule has 1 fully saturated rings. The number of carbonyl (C=O) groups excluding carboxylic acids is 1. The molecule has 1 aliphatic rings. The molecule has 0 N–H and O–H groups in total. The third kappa shape index (κ3) is 5.18. The van der Waals surface area contributed by atoms with Crippen molar-refractivity contribution in [2.75, 3.05) is 39.0 Å². The fourth-order valence-electron chi connectivity index (χ4n) is 2.64. The van der Waals surface area contributed by atoms with E-state index in [1.54, 1.807) is 0 Å². The van der Waals surface area contributed by atoms with Crippen molar-refractivity contribution in [2.24, 2.45) is 4.99 Å². The first-order valence-electron chi connectivity index (χ1n) is 8.50. The van der Waals surface area contributed by atoms with Crippen molar-refractivity contribution in [3.63, 3.8) is 0 Å². The largest absolute Gasteiger partial charge is 0.349 e. The van der Waals surface area contributed by atoms with Crippen molar-refractivity contribution in [2.45, 2.75) is 0 Å². The highest BCUT2D eigenvalue weighted by Gasteiger charge is 2.19. The van der Waals surface area contributed by atoms with Crippen molar-refractivity contribution in [1.82, 2.24) is 9.80 Å². The first-order chi connectivity index (χ1) is 12.2. The Morgan fingerprint density at radius 3 is 2.20 bits per heavy atom. The van der Waals surface area contributed by atoms with Crippen LogP contribution in [0, 0.1) is 0 Å². The molecule has 0 saturated carbocycles. The molecule has 0 aliphatic carbocycles. The zero-order valence-corrected chi connectivity index (χ0v) is 15.3. The van der Waals surface area contributed by atoms with Crippen LogP contribution in [0.2, 0.25) is 0 Å². The predicted molar refractivity (Wildman–Crippen MR) is 106 cm³/mol. The molecule has 25 heavy (non-hydrogen) atoms. The smallest absolute Gasteiger partial charge is 0.173 e. The van der Waals surface area contributed by atoms with Gasteiger partial charge in [0.05, 0.1) is 11.4 Å². The molecule has 1 saturated heterocycles. The van der Waals surface area contributed by atoms with Gasteiger partial charge in [-0.15, -0.1) is 0 Å². The lowest BCUT2D eigenvalue weighted by atomic mass is 10.2. The molecule has 0 atom stereocenters. The van der Waals surface area contributed by atoms with Gasteiger partial charge in [0.15, 0.2) is 11.0 Å². The van der Waals surface area contributed by atoms with Crippen LogP contribution >= 0.6 is 11.8 Å². The van der Waals surface area contributed by atoms with Crippen molar-refractivity contribution in [3.05, 3.63) is 66.2 Å². The van der Waals surface area contributed by atoms with Crippen LogP contribution in [0.4, 0.5) is 5.69 Å². The Bertz CT molecular complexity index is 710. The SMILES string of the molecule is CN1CCN(C(=Nc2ccccc2)SCC(=O)c2ccccc2)CC1. The standard InChI is InChI=1S/C20H23N3OS/c1-22-12-14-23(15-13-22)20(21-18-10-6-3-7-11-18)25-16-19(24)17-8-4-2-5-9-17/h2-11H,12-16H2,1H3. The first kappa shape index (κ1) is 17.7. The molecule has 0 bridgehead atoms. The number of carbonyl (C=O) groups is 1. The summed E-state index contributed by atoms with van der Waals surface area (Å²) in [4.78, 5) is 21.8. The van der Waals surface area contributed by atoms with E-state index in [-0.39, 0.29) is 5.78 Å². The van der Waals surface area contributed by atoms with E-state index in [9.17, 15) is 4.79 Å². The van der Waals surface area contributed by atoms with Crippen molar-refractivity contribution < 1.29 is 4.79 Å². The second-order valence-electron chi connectivity index (χ2n) is 6.10. The average Bonchev–Trinajstić information content (AvgIpc) is 2.67. The Labute approximate surface area is 153 Å². The number of rotatable bonds is 4. The maximum absolute atomic E-state index is 12.4. The number of amidine groups is 1. The van der Waals surface area contributed by atoms with Crippen LogP contribution in [-0.4, -0.2) is 59.7 Å². The van der Waals surface area contributed by atoms with Crippen molar-refractivity contribution >= 4 is 28.4 Å². The van der Waals surface area contributed by atoms with E-state index >= 15 is 0 Å². The van der Waals surface area contributed by atoms with Gasteiger partial charge in [0.1, 0.15) is 0 Å². The number of thioether (sulfide) groups is 1. The Morgan fingerprint density at radius 1 is 0.960 bits per heavy atom. The van der Waals surface area contributed by atoms with E-state index in [1.165, 1.54) is 11.8 Å². The summed E-state index contributed by atoms with van der Waals surface area (Å²) >= 11 is 1.53. The third-order valence-electron chi connectivity index (χ3n) is 4.18. The van der Waals surface area contributed by atoms with E-state index in [0.717, 1.165) is 42.6 Å². The van der Waals surface area contributed by atoms with Crippen LogP contribution in [0.1, 0.15) is 10.4 Å². The number of ketones is 1. The van der Waals surface area contributed by atoms with Crippen LogP contribution in [0.3, 0.4) is 0 Å². The molecule has 1 heterocycles. The van der Waals surface area contributed by atoms with Crippen molar-refractivity contribution in [1.29, 1.82) is 0 Å². The summed E-state index contributed by atoms with van der Waals surface area (Å²) in [6, 6.07) is 19.4. The van der Waals surface area contributed by atoms with Gasteiger partial charge in [0.2, 0.25) is 0 Å². The van der Waals surface area contributed by atoms with E-state index in [2.05, 4.69) is 16.8 Å². The molecule has 2 aromatic rings.